The van der Waals surface area contributed by atoms with Crippen LogP contribution in [0.5, 0.6) is 0 Å². The molecule has 0 aliphatic rings. The number of amides is 1. The first-order valence-electron chi connectivity index (χ1n) is 5.22. The van der Waals surface area contributed by atoms with E-state index in [1.165, 1.54) is 6.92 Å². The standard InChI is InChI=1S/C13H15NO3/c1-9(2)12(15)14-11(13(16)17)8-10-6-4-3-5-7-10/h3-7,11H,1,8H2,2H3,(H,14,15)(H,16,17)/p-1. The third-order valence-corrected chi connectivity index (χ3v) is 2.26. The number of rotatable bonds is 5. The van der Waals surface area contributed by atoms with E-state index in [9.17, 15) is 14.7 Å². The molecule has 0 bridgehead atoms. The summed E-state index contributed by atoms with van der Waals surface area (Å²) in [5.41, 5.74) is 1.09. The highest BCUT2D eigenvalue weighted by Gasteiger charge is 2.14. The average molecular weight is 232 g/mol. The number of hydrogen-bond donors (Lipinski definition) is 1. The van der Waals surface area contributed by atoms with Crippen molar-refractivity contribution in [2.75, 3.05) is 0 Å². The Morgan fingerprint density at radius 1 is 1.35 bits per heavy atom. The first-order valence-corrected chi connectivity index (χ1v) is 5.22. The highest BCUT2D eigenvalue weighted by atomic mass is 16.4. The summed E-state index contributed by atoms with van der Waals surface area (Å²) in [6.45, 7) is 4.97. The number of carboxylic acid groups (broad SMARTS) is 1. The van der Waals surface area contributed by atoms with E-state index < -0.39 is 17.9 Å². The molecule has 0 heterocycles. The molecule has 1 rings (SSSR count). The molecule has 1 unspecified atom stereocenters. The van der Waals surface area contributed by atoms with Gasteiger partial charge < -0.3 is 15.2 Å². The lowest BCUT2D eigenvalue weighted by Gasteiger charge is -2.19. The molecule has 1 aromatic carbocycles. The first-order chi connectivity index (χ1) is 8.00. The normalized spacial score (nSPS) is 11.6. The van der Waals surface area contributed by atoms with Gasteiger partial charge in [0.25, 0.3) is 0 Å². The van der Waals surface area contributed by atoms with Crippen molar-refractivity contribution in [3.8, 4) is 0 Å². The zero-order valence-electron chi connectivity index (χ0n) is 9.60. The van der Waals surface area contributed by atoms with E-state index in [1.807, 2.05) is 18.2 Å². The molecule has 0 spiro atoms. The second kappa shape index (κ2) is 5.84. The SMILES string of the molecule is C=C(C)C(=O)NC(Cc1ccccc1)C(=O)[O-]. The van der Waals surface area contributed by atoms with Gasteiger partial charge in [0, 0.05) is 5.57 Å². The molecule has 4 heteroatoms. The van der Waals surface area contributed by atoms with Gasteiger partial charge in [-0.15, -0.1) is 0 Å². The Hall–Kier alpha value is -2.10. The molecule has 1 N–H and O–H groups in total. The molecule has 90 valence electrons. The van der Waals surface area contributed by atoms with Gasteiger partial charge in [-0.25, -0.2) is 0 Å². The minimum atomic E-state index is -1.30. The first kappa shape index (κ1) is 13.0. The summed E-state index contributed by atoms with van der Waals surface area (Å²) in [5, 5.41) is 13.3. The number of carbonyl (C=O) groups excluding carboxylic acids is 2. The Bertz CT molecular complexity index is 426. The van der Waals surface area contributed by atoms with Crippen LogP contribution in [0.4, 0.5) is 0 Å². The third-order valence-electron chi connectivity index (χ3n) is 2.26. The average Bonchev–Trinajstić information content (AvgIpc) is 2.29. The van der Waals surface area contributed by atoms with Gasteiger partial charge in [0.2, 0.25) is 5.91 Å². The van der Waals surface area contributed by atoms with Gasteiger partial charge in [-0.05, 0) is 18.9 Å². The second-order valence-corrected chi connectivity index (χ2v) is 3.82. The van der Waals surface area contributed by atoms with Gasteiger partial charge in [-0.1, -0.05) is 36.9 Å². The summed E-state index contributed by atoms with van der Waals surface area (Å²) in [6, 6.07) is 8.00. The number of carbonyl (C=O) groups is 2. The predicted octanol–water partition coefficient (Wildman–Crippen LogP) is 0.0399. The lowest BCUT2D eigenvalue weighted by molar-refractivity contribution is -0.308. The van der Waals surface area contributed by atoms with Crippen LogP contribution in [0, 0.1) is 0 Å². The van der Waals surface area contributed by atoms with Crippen molar-refractivity contribution in [3.05, 3.63) is 48.0 Å². The van der Waals surface area contributed by atoms with Gasteiger partial charge in [-0.2, -0.15) is 0 Å². The topological polar surface area (TPSA) is 69.2 Å². The van der Waals surface area contributed by atoms with E-state index in [-0.39, 0.29) is 12.0 Å². The van der Waals surface area contributed by atoms with Crippen LogP contribution in [0.25, 0.3) is 0 Å². The molecule has 1 atom stereocenters. The molecule has 1 aromatic rings. The molecular weight excluding hydrogens is 218 g/mol. The Morgan fingerprint density at radius 3 is 2.41 bits per heavy atom. The van der Waals surface area contributed by atoms with Gasteiger partial charge in [0.1, 0.15) is 0 Å². The van der Waals surface area contributed by atoms with E-state index >= 15 is 0 Å². The van der Waals surface area contributed by atoms with Gasteiger partial charge in [0.15, 0.2) is 0 Å². The second-order valence-electron chi connectivity index (χ2n) is 3.82. The molecule has 4 nitrogen and oxygen atoms in total. The quantitative estimate of drug-likeness (QED) is 0.729. The summed E-state index contributed by atoms with van der Waals surface area (Å²) in [6.07, 6.45) is 0.197. The van der Waals surface area contributed by atoms with Crippen molar-refractivity contribution < 1.29 is 14.7 Å². The highest BCUT2D eigenvalue weighted by molar-refractivity contribution is 5.94. The molecule has 0 saturated heterocycles. The molecule has 0 saturated carbocycles. The highest BCUT2D eigenvalue weighted by Crippen LogP contribution is 2.03. The Morgan fingerprint density at radius 2 is 1.94 bits per heavy atom. The molecule has 17 heavy (non-hydrogen) atoms. The zero-order chi connectivity index (χ0) is 12.8. The van der Waals surface area contributed by atoms with Crippen molar-refractivity contribution in [1.82, 2.24) is 5.32 Å². The number of carboxylic acids is 1. The van der Waals surface area contributed by atoms with Crippen LogP contribution in [0.2, 0.25) is 0 Å². The van der Waals surface area contributed by atoms with Crippen molar-refractivity contribution in [1.29, 1.82) is 0 Å². The van der Waals surface area contributed by atoms with Crippen LogP contribution in [-0.4, -0.2) is 17.9 Å². The van der Waals surface area contributed by atoms with Crippen LogP contribution in [0.15, 0.2) is 42.5 Å². The van der Waals surface area contributed by atoms with E-state index in [2.05, 4.69) is 11.9 Å². The van der Waals surface area contributed by atoms with Gasteiger partial charge in [-0.3, -0.25) is 4.79 Å². The minimum Gasteiger partial charge on any atom is -0.548 e. The lowest BCUT2D eigenvalue weighted by atomic mass is 10.1. The molecule has 0 fully saturated rings. The predicted molar refractivity (Wildman–Crippen MR) is 61.9 cm³/mol. The van der Waals surface area contributed by atoms with Crippen LogP contribution in [0.3, 0.4) is 0 Å². The molecule has 0 aliphatic heterocycles. The Labute approximate surface area is 100.0 Å². The van der Waals surface area contributed by atoms with Crippen molar-refractivity contribution in [2.45, 2.75) is 19.4 Å². The van der Waals surface area contributed by atoms with Crippen LogP contribution in [-0.2, 0) is 16.0 Å². The van der Waals surface area contributed by atoms with E-state index in [0.29, 0.717) is 0 Å². The van der Waals surface area contributed by atoms with E-state index in [1.54, 1.807) is 12.1 Å². The van der Waals surface area contributed by atoms with Crippen LogP contribution < -0.4 is 10.4 Å². The fourth-order valence-corrected chi connectivity index (χ4v) is 1.32. The maximum atomic E-state index is 11.3. The molecule has 1 amide bonds. The number of nitrogens with one attached hydrogen (secondary N) is 1. The van der Waals surface area contributed by atoms with Gasteiger partial charge >= 0.3 is 0 Å². The van der Waals surface area contributed by atoms with Crippen LogP contribution >= 0.6 is 0 Å². The monoisotopic (exact) mass is 232 g/mol. The maximum absolute atomic E-state index is 11.3. The van der Waals surface area contributed by atoms with Crippen molar-refractivity contribution in [3.63, 3.8) is 0 Å². The number of benzene rings is 1. The molecule has 0 aliphatic carbocycles. The van der Waals surface area contributed by atoms with E-state index in [0.717, 1.165) is 5.56 Å². The maximum Gasteiger partial charge on any atom is 0.246 e. The third kappa shape index (κ3) is 4.10. The minimum absolute atomic E-state index is 0.197. The molecule has 0 aromatic heterocycles. The van der Waals surface area contributed by atoms with Gasteiger partial charge in [0.05, 0.1) is 12.0 Å². The number of aliphatic carboxylic acids is 1. The summed E-state index contributed by atoms with van der Waals surface area (Å²) < 4.78 is 0. The van der Waals surface area contributed by atoms with Crippen molar-refractivity contribution in [2.24, 2.45) is 0 Å². The zero-order valence-corrected chi connectivity index (χ0v) is 9.60. The molecular formula is C13H14NO3-. The largest absolute Gasteiger partial charge is 0.548 e. The lowest BCUT2D eigenvalue weighted by Crippen LogP contribution is -2.49. The molecule has 0 radical (unpaired) electrons. The summed E-state index contributed by atoms with van der Waals surface area (Å²) in [5.74, 6) is -1.78. The van der Waals surface area contributed by atoms with Crippen molar-refractivity contribution >= 4 is 11.9 Å². The smallest absolute Gasteiger partial charge is 0.246 e. The summed E-state index contributed by atoms with van der Waals surface area (Å²) >= 11 is 0. The fourth-order valence-electron chi connectivity index (χ4n) is 1.32. The van der Waals surface area contributed by atoms with E-state index in [4.69, 9.17) is 0 Å². The summed E-state index contributed by atoms with van der Waals surface area (Å²) in [7, 11) is 0. The summed E-state index contributed by atoms with van der Waals surface area (Å²) in [4.78, 5) is 22.3. The Balaban J connectivity index is 2.71. The van der Waals surface area contributed by atoms with Crippen LogP contribution in [0.1, 0.15) is 12.5 Å². The fraction of sp³-hybridized carbons (Fsp3) is 0.231. The Kier molecular flexibility index (Phi) is 4.46. The number of hydrogen-bond acceptors (Lipinski definition) is 3.